The number of thiazole rings is 1. The average Bonchev–Trinajstić information content (AvgIpc) is 3.04. The van der Waals surface area contributed by atoms with Gasteiger partial charge in [0.15, 0.2) is 5.13 Å². The van der Waals surface area contributed by atoms with Crippen LogP contribution in [0.3, 0.4) is 0 Å². The first-order chi connectivity index (χ1) is 12.8. The van der Waals surface area contributed by atoms with Crippen LogP contribution in [-0.4, -0.2) is 53.7 Å². The number of methoxy groups -OCH3 is 1. The van der Waals surface area contributed by atoms with Crippen LogP contribution in [0.15, 0.2) is 30.3 Å². The molecular weight excluding hydrogens is 370 g/mol. The monoisotopic (exact) mass is 391 g/mol. The van der Waals surface area contributed by atoms with E-state index in [4.69, 9.17) is 9.84 Å². The van der Waals surface area contributed by atoms with Crippen molar-refractivity contribution in [1.29, 1.82) is 0 Å². The van der Waals surface area contributed by atoms with E-state index in [2.05, 4.69) is 10.3 Å². The van der Waals surface area contributed by atoms with Crippen LogP contribution in [0, 0.1) is 5.92 Å². The van der Waals surface area contributed by atoms with Gasteiger partial charge in [0.2, 0.25) is 0 Å². The van der Waals surface area contributed by atoms with Gasteiger partial charge in [-0.25, -0.2) is 9.78 Å². The molecule has 2 amide bonds. The number of carbonyl (C=O) groups excluding carboxylic acids is 2. The third-order valence-corrected chi connectivity index (χ3v) is 4.78. The number of amides is 2. The summed E-state index contributed by atoms with van der Waals surface area (Å²) >= 11 is 1.18. The fraction of sp³-hybridized carbons (Fsp3) is 0.333. The highest BCUT2D eigenvalue weighted by molar-refractivity contribution is 7.16. The number of hydrogen-bond acceptors (Lipinski definition) is 6. The molecule has 1 heterocycles. The molecule has 1 aromatic carbocycles. The molecule has 0 saturated heterocycles. The van der Waals surface area contributed by atoms with Gasteiger partial charge < -0.3 is 14.7 Å². The molecule has 0 radical (unpaired) electrons. The highest BCUT2D eigenvalue weighted by Gasteiger charge is 2.21. The predicted molar refractivity (Wildman–Crippen MR) is 102 cm³/mol. The third-order valence-electron chi connectivity index (χ3n) is 3.81. The van der Waals surface area contributed by atoms with Gasteiger partial charge in [-0.2, -0.15) is 0 Å². The molecule has 144 valence electrons. The molecule has 9 heteroatoms. The summed E-state index contributed by atoms with van der Waals surface area (Å²) < 4.78 is 4.73. The van der Waals surface area contributed by atoms with Crippen LogP contribution in [0.1, 0.15) is 11.8 Å². The molecule has 27 heavy (non-hydrogen) atoms. The summed E-state index contributed by atoms with van der Waals surface area (Å²) in [5, 5.41) is 11.9. The average molecular weight is 391 g/mol. The van der Waals surface area contributed by atoms with Crippen molar-refractivity contribution < 1.29 is 24.2 Å². The molecule has 0 aliphatic carbocycles. The van der Waals surface area contributed by atoms with E-state index in [-0.39, 0.29) is 13.0 Å². The lowest BCUT2D eigenvalue weighted by Gasteiger charge is -2.19. The summed E-state index contributed by atoms with van der Waals surface area (Å²) in [6.45, 7) is 1.59. The van der Waals surface area contributed by atoms with Crippen LogP contribution in [-0.2, 0) is 20.7 Å². The summed E-state index contributed by atoms with van der Waals surface area (Å²) in [5.41, 5.74) is 1.42. The summed E-state index contributed by atoms with van der Waals surface area (Å²) in [4.78, 5) is 41.3. The smallest absolute Gasteiger partial charge is 0.323 e. The summed E-state index contributed by atoms with van der Waals surface area (Å²) in [5.74, 6) is -2.07. The maximum atomic E-state index is 12.3. The van der Waals surface area contributed by atoms with Crippen LogP contribution in [0.5, 0.6) is 0 Å². The first kappa shape index (κ1) is 20.4. The quantitative estimate of drug-likeness (QED) is 0.703. The first-order valence-electron chi connectivity index (χ1n) is 8.18. The van der Waals surface area contributed by atoms with Gasteiger partial charge in [-0.1, -0.05) is 37.3 Å². The van der Waals surface area contributed by atoms with Crippen molar-refractivity contribution in [1.82, 2.24) is 9.88 Å². The molecule has 0 spiro atoms. The Morgan fingerprint density at radius 2 is 1.96 bits per heavy atom. The van der Waals surface area contributed by atoms with Gasteiger partial charge in [0.25, 0.3) is 0 Å². The lowest BCUT2D eigenvalue weighted by molar-refractivity contribution is -0.141. The number of anilines is 1. The van der Waals surface area contributed by atoms with E-state index in [9.17, 15) is 14.4 Å². The number of benzene rings is 1. The number of urea groups is 1. The number of nitrogens with zero attached hydrogens (tertiary/aromatic N) is 2. The Morgan fingerprint density at radius 3 is 2.56 bits per heavy atom. The predicted octanol–water partition coefficient (Wildman–Crippen LogP) is 2.71. The van der Waals surface area contributed by atoms with Crippen LogP contribution < -0.4 is 5.32 Å². The van der Waals surface area contributed by atoms with E-state index in [1.807, 2.05) is 30.3 Å². The van der Waals surface area contributed by atoms with Crippen molar-refractivity contribution in [3.63, 3.8) is 0 Å². The Bertz CT molecular complexity index is 822. The second-order valence-electron chi connectivity index (χ2n) is 5.96. The fourth-order valence-electron chi connectivity index (χ4n) is 2.31. The number of aromatic nitrogens is 1. The second-order valence-corrected chi connectivity index (χ2v) is 7.04. The largest absolute Gasteiger partial charge is 0.481 e. The molecule has 2 rings (SSSR count). The van der Waals surface area contributed by atoms with Crippen LogP contribution in [0.2, 0.25) is 0 Å². The first-order valence-corrected chi connectivity index (χ1v) is 9.00. The van der Waals surface area contributed by atoms with Crippen molar-refractivity contribution in [2.24, 2.45) is 5.92 Å². The number of aliphatic carboxylic acids is 1. The zero-order valence-corrected chi connectivity index (χ0v) is 16.1. The Labute approximate surface area is 160 Å². The van der Waals surface area contributed by atoms with Gasteiger partial charge in [-0.3, -0.25) is 14.9 Å². The fourth-order valence-corrected chi connectivity index (χ4v) is 3.27. The van der Waals surface area contributed by atoms with E-state index in [0.717, 1.165) is 5.56 Å². The number of ether oxygens (including phenoxy) is 1. The zero-order valence-electron chi connectivity index (χ0n) is 15.3. The van der Waals surface area contributed by atoms with E-state index >= 15 is 0 Å². The Kier molecular flexibility index (Phi) is 6.89. The van der Waals surface area contributed by atoms with Gasteiger partial charge in [0.05, 0.1) is 25.1 Å². The lowest BCUT2D eigenvalue weighted by Crippen LogP contribution is -2.36. The number of nitrogens with one attached hydrogen (secondary N) is 1. The maximum absolute atomic E-state index is 12.3. The van der Waals surface area contributed by atoms with Gasteiger partial charge in [0.1, 0.15) is 0 Å². The number of rotatable bonds is 7. The van der Waals surface area contributed by atoms with E-state index in [1.54, 1.807) is 0 Å². The number of carbonyl (C=O) groups is 3. The topological polar surface area (TPSA) is 109 Å². The Morgan fingerprint density at radius 1 is 1.30 bits per heavy atom. The molecule has 0 bridgehead atoms. The zero-order chi connectivity index (χ0) is 20.0. The second kappa shape index (κ2) is 9.13. The van der Waals surface area contributed by atoms with Gasteiger partial charge in [-0.05, 0) is 0 Å². The summed E-state index contributed by atoms with van der Waals surface area (Å²) in [6, 6.07) is 8.84. The van der Waals surface area contributed by atoms with Crippen molar-refractivity contribution in [2.75, 3.05) is 26.0 Å². The molecule has 0 fully saturated rings. The summed E-state index contributed by atoms with van der Waals surface area (Å²) in [7, 11) is 2.82. The normalized spacial score (nSPS) is 11.5. The standard InChI is InChI=1S/C18H21N3O5S/c1-11(16(23)24)10-21(2)18(25)20-17-19-15(12-7-5-4-6-8-12)13(27-17)9-14(22)26-3/h4-8,11H,9-10H2,1-3H3,(H,23,24)(H,19,20,25). The van der Waals surface area contributed by atoms with Crippen LogP contribution in [0.4, 0.5) is 9.93 Å². The van der Waals surface area contributed by atoms with Crippen LogP contribution in [0.25, 0.3) is 11.3 Å². The number of carboxylic acid groups (broad SMARTS) is 1. The molecule has 0 aliphatic heterocycles. The Hall–Kier alpha value is -2.94. The molecular formula is C18H21N3O5S. The minimum Gasteiger partial charge on any atom is -0.481 e. The van der Waals surface area contributed by atoms with E-state index in [1.165, 1.54) is 37.3 Å². The SMILES string of the molecule is COC(=O)Cc1sc(NC(=O)N(C)CC(C)C(=O)O)nc1-c1ccccc1. The number of carboxylic acids is 1. The van der Waals surface area contributed by atoms with E-state index in [0.29, 0.717) is 15.7 Å². The molecule has 1 unspecified atom stereocenters. The van der Waals surface area contributed by atoms with Crippen molar-refractivity contribution in [2.45, 2.75) is 13.3 Å². The number of hydrogen-bond donors (Lipinski definition) is 2. The van der Waals surface area contributed by atoms with Crippen molar-refractivity contribution >= 4 is 34.4 Å². The molecule has 2 N–H and O–H groups in total. The minimum atomic E-state index is -0.976. The highest BCUT2D eigenvalue weighted by atomic mass is 32.1. The molecule has 0 saturated carbocycles. The molecule has 2 aromatic rings. The molecule has 1 atom stereocenters. The molecule has 8 nitrogen and oxygen atoms in total. The molecule has 0 aliphatic rings. The van der Waals surface area contributed by atoms with Gasteiger partial charge in [-0.15, -0.1) is 11.3 Å². The molecule has 1 aromatic heterocycles. The maximum Gasteiger partial charge on any atom is 0.323 e. The Balaban J connectivity index is 2.21. The van der Waals surface area contributed by atoms with Crippen molar-refractivity contribution in [3.8, 4) is 11.3 Å². The van der Waals surface area contributed by atoms with Gasteiger partial charge in [0, 0.05) is 24.0 Å². The van der Waals surface area contributed by atoms with Gasteiger partial charge >= 0.3 is 18.0 Å². The third kappa shape index (κ3) is 5.52. The highest BCUT2D eigenvalue weighted by Crippen LogP contribution is 2.31. The van der Waals surface area contributed by atoms with E-state index < -0.39 is 23.9 Å². The van der Waals surface area contributed by atoms with Crippen molar-refractivity contribution in [3.05, 3.63) is 35.2 Å². The lowest BCUT2D eigenvalue weighted by atomic mass is 10.1. The van der Waals surface area contributed by atoms with Crippen LogP contribution >= 0.6 is 11.3 Å². The minimum absolute atomic E-state index is 0.0418. The number of esters is 1. The summed E-state index contributed by atoms with van der Waals surface area (Å²) in [6.07, 6.45) is 0.0418.